The van der Waals surface area contributed by atoms with E-state index < -0.39 is 13.9 Å². The quantitative estimate of drug-likeness (QED) is 0.576. The van der Waals surface area contributed by atoms with Crippen molar-refractivity contribution in [2.24, 2.45) is 0 Å². The molecule has 0 spiro atoms. The Kier molecular flexibility index (Phi) is 7.05. The molecule has 0 aromatic heterocycles. The molecule has 1 aliphatic rings. The Balaban J connectivity index is 2.11. The van der Waals surface area contributed by atoms with Gasteiger partial charge >= 0.3 is 6.09 Å². The van der Waals surface area contributed by atoms with Crippen molar-refractivity contribution in [2.45, 2.75) is 83.8 Å². The van der Waals surface area contributed by atoms with E-state index in [9.17, 15) is 9.18 Å². The summed E-state index contributed by atoms with van der Waals surface area (Å²) in [6.07, 6.45) is 0.282. The van der Waals surface area contributed by atoms with Gasteiger partial charge in [-0.1, -0.05) is 20.8 Å². The van der Waals surface area contributed by atoms with E-state index in [4.69, 9.17) is 13.9 Å². The summed E-state index contributed by atoms with van der Waals surface area (Å²) in [7, 11) is -1.97. The zero-order valence-electron chi connectivity index (χ0n) is 19.0. The van der Waals surface area contributed by atoms with Crippen molar-refractivity contribution in [3.8, 4) is 5.75 Å². The first-order chi connectivity index (χ1) is 13.2. The molecule has 1 fully saturated rings. The van der Waals surface area contributed by atoms with Crippen LogP contribution in [-0.4, -0.2) is 50.2 Å². The van der Waals surface area contributed by atoms with Gasteiger partial charge in [0.25, 0.3) is 0 Å². The maximum absolute atomic E-state index is 13.1. The molecule has 0 radical (unpaired) electrons. The third-order valence-electron chi connectivity index (χ3n) is 5.53. The van der Waals surface area contributed by atoms with Crippen molar-refractivity contribution in [2.75, 3.05) is 13.2 Å². The Labute approximate surface area is 175 Å². The second kappa shape index (κ2) is 8.64. The number of nitrogens with zero attached hydrogens (tertiary/aromatic N) is 1. The molecule has 7 heteroatoms. The molecule has 0 aliphatic carbocycles. The SMILES string of the molecule is CC(C)(C)OC(=O)N1C[C@@H](O[Si](C)(C)C(C)(C)C)C[C@@H]1COc1ccc(F)cc1. The van der Waals surface area contributed by atoms with Crippen molar-refractivity contribution in [1.29, 1.82) is 0 Å². The Morgan fingerprint density at radius 3 is 2.24 bits per heavy atom. The molecule has 2 atom stereocenters. The van der Waals surface area contributed by atoms with Crippen LogP contribution in [0.4, 0.5) is 9.18 Å². The van der Waals surface area contributed by atoms with E-state index in [0.29, 0.717) is 25.3 Å². The molecule has 0 saturated carbocycles. The largest absolute Gasteiger partial charge is 0.491 e. The van der Waals surface area contributed by atoms with Gasteiger partial charge in [0.05, 0.1) is 12.1 Å². The Hall–Kier alpha value is -1.60. The number of carbonyl (C=O) groups is 1. The molecule has 1 saturated heterocycles. The fourth-order valence-corrected chi connectivity index (χ4v) is 4.34. The van der Waals surface area contributed by atoms with Crippen LogP contribution in [0.2, 0.25) is 18.1 Å². The van der Waals surface area contributed by atoms with Crippen molar-refractivity contribution < 1.29 is 23.1 Å². The summed E-state index contributed by atoms with van der Waals surface area (Å²) in [6, 6.07) is 5.74. The fraction of sp³-hybridized carbons (Fsp3) is 0.682. The van der Waals surface area contributed by atoms with Gasteiger partial charge in [0.2, 0.25) is 0 Å². The molecule has 5 nitrogen and oxygen atoms in total. The first-order valence-electron chi connectivity index (χ1n) is 10.2. The van der Waals surface area contributed by atoms with Gasteiger partial charge in [-0.05, 0) is 69.6 Å². The summed E-state index contributed by atoms with van der Waals surface area (Å²) >= 11 is 0. The van der Waals surface area contributed by atoms with E-state index >= 15 is 0 Å². The molecule has 1 aliphatic heterocycles. The van der Waals surface area contributed by atoms with Gasteiger partial charge in [0.15, 0.2) is 8.32 Å². The topological polar surface area (TPSA) is 48.0 Å². The maximum atomic E-state index is 13.1. The minimum atomic E-state index is -1.97. The highest BCUT2D eigenvalue weighted by Crippen LogP contribution is 2.39. The predicted molar refractivity (Wildman–Crippen MR) is 115 cm³/mol. The first-order valence-corrected chi connectivity index (χ1v) is 13.1. The fourth-order valence-electron chi connectivity index (χ4n) is 2.98. The lowest BCUT2D eigenvalue weighted by Crippen LogP contribution is -2.45. The summed E-state index contributed by atoms with van der Waals surface area (Å²) in [5.74, 6) is 0.265. The second-order valence-electron chi connectivity index (χ2n) is 10.3. The highest BCUT2D eigenvalue weighted by molar-refractivity contribution is 6.74. The van der Waals surface area contributed by atoms with Crippen LogP contribution in [0.3, 0.4) is 0 Å². The molecule has 164 valence electrons. The lowest BCUT2D eigenvalue weighted by molar-refractivity contribution is 0.0175. The van der Waals surface area contributed by atoms with Gasteiger partial charge in [-0.15, -0.1) is 0 Å². The van der Waals surface area contributed by atoms with Crippen LogP contribution in [0, 0.1) is 5.82 Å². The Morgan fingerprint density at radius 2 is 1.72 bits per heavy atom. The van der Waals surface area contributed by atoms with Crippen molar-refractivity contribution in [3.63, 3.8) is 0 Å². The summed E-state index contributed by atoms with van der Waals surface area (Å²) in [5.41, 5.74) is -0.572. The number of benzene rings is 1. The molecule has 2 rings (SSSR count). The number of amides is 1. The van der Waals surface area contributed by atoms with Crippen LogP contribution in [-0.2, 0) is 9.16 Å². The van der Waals surface area contributed by atoms with Crippen molar-refractivity contribution in [1.82, 2.24) is 4.90 Å². The number of rotatable bonds is 5. The molecule has 0 unspecified atom stereocenters. The monoisotopic (exact) mass is 425 g/mol. The number of ether oxygens (including phenoxy) is 2. The predicted octanol–water partition coefficient (Wildman–Crippen LogP) is 5.60. The second-order valence-corrected chi connectivity index (χ2v) is 15.0. The summed E-state index contributed by atoms with van der Waals surface area (Å²) in [5, 5.41) is 0.0897. The molecule has 0 bridgehead atoms. The maximum Gasteiger partial charge on any atom is 0.410 e. The molecule has 1 amide bonds. The van der Waals surface area contributed by atoms with E-state index in [1.807, 2.05) is 20.8 Å². The van der Waals surface area contributed by atoms with Crippen LogP contribution in [0.1, 0.15) is 48.0 Å². The van der Waals surface area contributed by atoms with E-state index in [2.05, 4.69) is 33.9 Å². The third kappa shape index (κ3) is 6.71. The number of halogens is 1. The highest BCUT2D eigenvalue weighted by Gasteiger charge is 2.44. The Morgan fingerprint density at radius 1 is 1.14 bits per heavy atom. The summed E-state index contributed by atoms with van der Waals surface area (Å²) in [6.45, 7) is 17.4. The standard InChI is InChI=1S/C22H36FNO4Si/c1-21(2,3)27-20(25)24-14-19(28-29(7,8)22(4,5)6)13-17(24)15-26-18-11-9-16(23)10-12-18/h9-12,17,19H,13-15H2,1-8H3/t17-,19+/m1/s1. The zero-order chi connectivity index (χ0) is 22.0. The number of carbonyl (C=O) groups excluding carboxylic acids is 1. The van der Waals surface area contributed by atoms with Gasteiger partial charge in [-0.25, -0.2) is 9.18 Å². The van der Waals surface area contributed by atoms with Crippen molar-refractivity contribution >= 4 is 14.4 Å². The summed E-state index contributed by atoms with van der Waals surface area (Å²) < 4.78 is 31.1. The van der Waals surface area contributed by atoms with E-state index in [1.54, 1.807) is 17.0 Å². The van der Waals surface area contributed by atoms with Crippen LogP contribution in [0.5, 0.6) is 5.75 Å². The number of hydrogen-bond acceptors (Lipinski definition) is 4. The van der Waals surface area contributed by atoms with Crippen LogP contribution >= 0.6 is 0 Å². The Bertz CT molecular complexity index is 694. The number of likely N-dealkylation sites (tertiary alicyclic amines) is 1. The molecule has 1 heterocycles. The average Bonchev–Trinajstić information content (AvgIpc) is 2.94. The lowest BCUT2D eigenvalue weighted by atomic mass is 10.2. The van der Waals surface area contributed by atoms with Gasteiger partial charge in [-0.3, -0.25) is 4.90 Å². The van der Waals surface area contributed by atoms with Crippen LogP contribution in [0.15, 0.2) is 24.3 Å². The lowest BCUT2D eigenvalue weighted by Gasteiger charge is -2.38. The van der Waals surface area contributed by atoms with Crippen molar-refractivity contribution in [3.05, 3.63) is 30.1 Å². The molecular weight excluding hydrogens is 389 g/mol. The van der Waals surface area contributed by atoms with Crippen LogP contribution in [0.25, 0.3) is 0 Å². The minimum absolute atomic E-state index is 0.0507. The van der Waals surface area contributed by atoms with E-state index in [-0.39, 0.29) is 29.1 Å². The van der Waals surface area contributed by atoms with E-state index in [1.165, 1.54) is 12.1 Å². The molecular formula is C22H36FNO4Si. The van der Waals surface area contributed by atoms with Gasteiger partial charge < -0.3 is 13.9 Å². The van der Waals surface area contributed by atoms with Gasteiger partial charge in [-0.2, -0.15) is 0 Å². The molecule has 0 N–H and O–H groups in total. The van der Waals surface area contributed by atoms with E-state index in [0.717, 1.165) is 0 Å². The van der Waals surface area contributed by atoms with Gasteiger partial charge in [0.1, 0.15) is 23.8 Å². The highest BCUT2D eigenvalue weighted by atomic mass is 28.4. The third-order valence-corrected chi connectivity index (χ3v) is 10.1. The summed E-state index contributed by atoms with van der Waals surface area (Å²) in [4.78, 5) is 14.5. The molecule has 29 heavy (non-hydrogen) atoms. The van der Waals surface area contributed by atoms with Gasteiger partial charge in [0, 0.05) is 6.54 Å². The average molecular weight is 426 g/mol. The first kappa shape index (κ1) is 23.7. The smallest absolute Gasteiger partial charge is 0.410 e. The normalized spacial score (nSPS) is 20.7. The molecule has 1 aromatic rings. The molecule has 1 aromatic carbocycles. The minimum Gasteiger partial charge on any atom is -0.491 e. The number of hydrogen-bond donors (Lipinski definition) is 0. The zero-order valence-corrected chi connectivity index (χ0v) is 20.0. The van der Waals surface area contributed by atoms with Crippen LogP contribution < -0.4 is 4.74 Å².